The molecule has 0 spiro atoms. The molecule has 1 aromatic carbocycles. The Labute approximate surface area is 130 Å². The molecule has 0 bridgehead atoms. The molecule has 0 saturated carbocycles. The van der Waals surface area contributed by atoms with Crippen LogP contribution in [-0.4, -0.2) is 29.3 Å². The molecule has 6 heteroatoms. The fraction of sp³-hybridized carbons (Fsp3) is 0.562. The van der Waals surface area contributed by atoms with E-state index in [1.54, 1.807) is 6.92 Å². The molecule has 1 unspecified atom stereocenters. The minimum absolute atomic E-state index is 0.0350. The van der Waals surface area contributed by atoms with Gasteiger partial charge < -0.3 is 20.7 Å². The Balaban J connectivity index is 0.00000211. The average molecular weight is 315 g/mol. The van der Waals surface area contributed by atoms with E-state index in [0.717, 1.165) is 0 Å². The number of methoxy groups -OCH3 is 1. The van der Waals surface area contributed by atoms with Crippen molar-refractivity contribution in [2.75, 3.05) is 7.11 Å². The molecule has 0 amide bonds. The minimum Gasteiger partial charge on any atom is -0.493 e. The van der Waals surface area contributed by atoms with Crippen LogP contribution < -0.4 is 10.5 Å². The number of hydrogen-bond acceptors (Lipinski definition) is 4. The lowest BCUT2D eigenvalue weighted by atomic mass is 9.88. The lowest BCUT2D eigenvalue weighted by molar-refractivity contribution is -0.138. The molecule has 0 aromatic heterocycles. The van der Waals surface area contributed by atoms with E-state index in [1.165, 1.54) is 27.0 Å². The normalized spacial score (nSPS) is 12.2. The van der Waals surface area contributed by atoms with Gasteiger partial charge in [0, 0.05) is 12.0 Å². The van der Waals surface area contributed by atoms with Crippen molar-refractivity contribution in [2.45, 2.75) is 52.7 Å². The Morgan fingerprint density at radius 3 is 2.32 bits per heavy atom. The van der Waals surface area contributed by atoms with Crippen LogP contribution in [0.25, 0.3) is 0 Å². The standard InChI is InChI=1S/C14H20FNO4.C2H6/c1-7-8(5-11(16)13(17)18)12(20-4)10(15)6-9(7)14(2,3)19;1-2/h6,11,19H,5,16H2,1-4H3,(H,17,18);1-2H3. The van der Waals surface area contributed by atoms with Gasteiger partial charge in [-0.2, -0.15) is 0 Å². The maximum atomic E-state index is 14.0. The number of carbonyl (C=O) groups is 1. The van der Waals surface area contributed by atoms with Gasteiger partial charge in [-0.15, -0.1) is 0 Å². The molecule has 1 rings (SSSR count). The van der Waals surface area contributed by atoms with Gasteiger partial charge in [0.25, 0.3) is 0 Å². The summed E-state index contributed by atoms with van der Waals surface area (Å²) in [7, 11) is 1.30. The van der Waals surface area contributed by atoms with Crippen LogP contribution in [0.5, 0.6) is 5.75 Å². The van der Waals surface area contributed by atoms with Crippen molar-refractivity contribution >= 4 is 5.97 Å². The molecule has 5 nitrogen and oxygen atoms in total. The Hall–Kier alpha value is -1.66. The summed E-state index contributed by atoms with van der Waals surface area (Å²) in [6.45, 7) is 8.74. The van der Waals surface area contributed by atoms with Crippen molar-refractivity contribution in [2.24, 2.45) is 5.73 Å². The van der Waals surface area contributed by atoms with Crippen LogP contribution in [0, 0.1) is 12.7 Å². The van der Waals surface area contributed by atoms with Crippen molar-refractivity contribution < 1.29 is 24.1 Å². The Morgan fingerprint density at radius 1 is 1.45 bits per heavy atom. The predicted molar refractivity (Wildman–Crippen MR) is 83.6 cm³/mol. The summed E-state index contributed by atoms with van der Waals surface area (Å²) in [5.41, 5.74) is 5.57. The van der Waals surface area contributed by atoms with Gasteiger partial charge in [0.05, 0.1) is 12.7 Å². The predicted octanol–water partition coefficient (Wildman–Crippen LogP) is 2.35. The number of nitrogens with two attached hydrogens (primary N) is 1. The second kappa shape index (κ2) is 8.10. The summed E-state index contributed by atoms with van der Waals surface area (Å²) < 4.78 is 19.0. The highest BCUT2D eigenvalue weighted by molar-refractivity contribution is 5.74. The lowest BCUT2D eigenvalue weighted by Gasteiger charge is -2.24. The zero-order chi connectivity index (χ0) is 17.7. The first-order valence-corrected chi connectivity index (χ1v) is 7.16. The van der Waals surface area contributed by atoms with Crippen LogP contribution in [0.4, 0.5) is 4.39 Å². The first-order chi connectivity index (χ1) is 10.1. The molecule has 22 heavy (non-hydrogen) atoms. The number of rotatable bonds is 5. The molecule has 126 valence electrons. The van der Waals surface area contributed by atoms with E-state index in [2.05, 4.69) is 0 Å². The second-order valence-corrected chi connectivity index (χ2v) is 5.25. The summed E-state index contributed by atoms with van der Waals surface area (Å²) >= 11 is 0. The van der Waals surface area contributed by atoms with E-state index in [9.17, 15) is 14.3 Å². The topological polar surface area (TPSA) is 92.8 Å². The van der Waals surface area contributed by atoms with Gasteiger partial charge in [-0.05, 0) is 38.0 Å². The van der Waals surface area contributed by atoms with Crippen molar-refractivity contribution in [3.8, 4) is 5.75 Å². The maximum absolute atomic E-state index is 14.0. The smallest absolute Gasteiger partial charge is 0.320 e. The molecule has 0 aliphatic carbocycles. The second-order valence-electron chi connectivity index (χ2n) is 5.25. The number of hydrogen-bond donors (Lipinski definition) is 3. The van der Waals surface area contributed by atoms with E-state index in [1.807, 2.05) is 13.8 Å². The van der Waals surface area contributed by atoms with E-state index >= 15 is 0 Å². The number of ether oxygens (including phenoxy) is 1. The molecule has 0 heterocycles. The molecular formula is C16H26FNO4. The van der Waals surface area contributed by atoms with Crippen LogP contribution in [0.3, 0.4) is 0 Å². The Kier molecular flexibility index (Phi) is 7.49. The maximum Gasteiger partial charge on any atom is 0.320 e. The van der Waals surface area contributed by atoms with Gasteiger partial charge in [-0.25, -0.2) is 4.39 Å². The van der Waals surface area contributed by atoms with Crippen LogP contribution in [0.2, 0.25) is 0 Å². The van der Waals surface area contributed by atoms with Crippen molar-refractivity contribution in [1.29, 1.82) is 0 Å². The fourth-order valence-electron chi connectivity index (χ4n) is 2.19. The van der Waals surface area contributed by atoms with Gasteiger partial charge in [-0.1, -0.05) is 13.8 Å². The van der Waals surface area contributed by atoms with Gasteiger partial charge in [-0.3, -0.25) is 4.79 Å². The Morgan fingerprint density at radius 2 is 1.95 bits per heavy atom. The third kappa shape index (κ3) is 4.68. The largest absolute Gasteiger partial charge is 0.493 e. The third-order valence-electron chi connectivity index (χ3n) is 3.22. The molecule has 1 aromatic rings. The molecular weight excluding hydrogens is 289 g/mol. The fourth-order valence-corrected chi connectivity index (χ4v) is 2.19. The molecule has 1 atom stereocenters. The van der Waals surface area contributed by atoms with Crippen LogP contribution in [0.15, 0.2) is 6.07 Å². The van der Waals surface area contributed by atoms with Crippen LogP contribution >= 0.6 is 0 Å². The van der Waals surface area contributed by atoms with Gasteiger partial charge in [0.2, 0.25) is 0 Å². The summed E-state index contributed by atoms with van der Waals surface area (Å²) in [4.78, 5) is 10.9. The highest BCUT2D eigenvalue weighted by Crippen LogP contribution is 2.34. The summed E-state index contributed by atoms with van der Waals surface area (Å²) in [5, 5.41) is 19.0. The molecule has 0 fully saturated rings. The Bertz CT molecular complexity index is 524. The molecule has 0 aliphatic rings. The van der Waals surface area contributed by atoms with E-state index in [0.29, 0.717) is 16.7 Å². The first kappa shape index (κ1) is 20.3. The quantitative estimate of drug-likeness (QED) is 0.775. The van der Waals surface area contributed by atoms with Crippen LogP contribution in [0.1, 0.15) is 44.4 Å². The molecule has 4 N–H and O–H groups in total. The summed E-state index contributed by atoms with van der Waals surface area (Å²) in [6.07, 6.45) is -0.0782. The summed E-state index contributed by atoms with van der Waals surface area (Å²) in [5.74, 6) is -1.87. The van der Waals surface area contributed by atoms with Gasteiger partial charge in [0.1, 0.15) is 6.04 Å². The number of carboxylic acid groups (broad SMARTS) is 1. The van der Waals surface area contributed by atoms with Gasteiger partial charge in [0.15, 0.2) is 11.6 Å². The van der Waals surface area contributed by atoms with Gasteiger partial charge >= 0.3 is 5.97 Å². The zero-order valence-corrected chi connectivity index (χ0v) is 14.0. The highest BCUT2D eigenvalue weighted by atomic mass is 19.1. The minimum atomic E-state index is -1.25. The van der Waals surface area contributed by atoms with Crippen molar-refractivity contribution in [3.63, 3.8) is 0 Å². The highest BCUT2D eigenvalue weighted by Gasteiger charge is 2.26. The molecule has 0 radical (unpaired) electrons. The summed E-state index contributed by atoms with van der Waals surface area (Å²) in [6, 6.07) is 0.0308. The number of aliphatic carboxylic acids is 1. The van der Waals surface area contributed by atoms with E-state index in [-0.39, 0.29) is 12.2 Å². The van der Waals surface area contributed by atoms with E-state index < -0.39 is 23.4 Å². The SMILES string of the molecule is CC.COc1c(F)cc(C(C)(C)O)c(C)c1CC(N)C(=O)O. The first-order valence-electron chi connectivity index (χ1n) is 7.16. The third-order valence-corrected chi connectivity index (χ3v) is 3.22. The average Bonchev–Trinajstić information content (AvgIpc) is 2.43. The van der Waals surface area contributed by atoms with Crippen LogP contribution in [-0.2, 0) is 16.8 Å². The van der Waals surface area contributed by atoms with Crippen molar-refractivity contribution in [3.05, 3.63) is 28.6 Å². The lowest BCUT2D eigenvalue weighted by Crippen LogP contribution is -2.33. The zero-order valence-electron chi connectivity index (χ0n) is 14.0. The van der Waals surface area contributed by atoms with E-state index in [4.69, 9.17) is 15.6 Å². The monoisotopic (exact) mass is 315 g/mol. The number of carboxylic acids is 1. The number of halogens is 1. The van der Waals surface area contributed by atoms with Crippen molar-refractivity contribution in [1.82, 2.24) is 0 Å². The number of benzene rings is 1. The number of aliphatic hydroxyl groups is 1. The molecule has 0 aliphatic heterocycles. The molecule has 0 saturated heterocycles.